The van der Waals surface area contributed by atoms with Gasteiger partial charge in [0.15, 0.2) is 11.5 Å². The van der Waals surface area contributed by atoms with E-state index in [2.05, 4.69) is 15.0 Å². The Kier molecular flexibility index (Phi) is 5.78. The lowest BCUT2D eigenvalue weighted by Crippen LogP contribution is -2.12. The summed E-state index contributed by atoms with van der Waals surface area (Å²) in [6.07, 6.45) is 9.01. The normalized spacial score (nSPS) is 13.0. The molecule has 1 aliphatic heterocycles. The van der Waals surface area contributed by atoms with E-state index < -0.39 is 5.97 Å². The van der Waals surface area contributed by atoms with Crippen LogP contribution in [0.1, 0.15) is 32.7 Å². The van der Waals surface area contributed by atoms with Crippen molar-refractivity contribution in [2.24, 2.45) is 4.99 Å². The molecule has 1 N–H and O–H groups in total. The highest BCUT2D eigenvalue weighted by Crippen LogP contribution is 2.33. The maximum absolute atomic E-state index is 11.3. The van der Waals surface area contributed by atoms with Gasteiger partial charge in [0.05, 0.1) is 30.3 Å². The van der Waals surface area contributed by atoms with Gasteiger partial charge in [-0.3, -0.25) is 9.39 Å². The molecule has 0 spiro atoms. The quantitative estimate of drug-likeness (QED) is 0.452. The number of carboxylic acids is 1. The summed E-state index contributed by atoms with van der Waals surface area (Å²) < 4.78 is 13.3. The molecule has 1 aliphatic rings. The summed E-state index contributed by atoms with van der Waals surface area (Å²) in [6.45, 7) is 1.12. The first-order valence-electron chi connectivity index (χ1n) is 10.8. The molecule has 34 heavy (non-hydrogen) atoms. The van der Waals surface area contributed by atoms with E-state index in [0.717, 1.165) is 28.8 Å². The molecule has 8 nitrogen and oxygen atoms in total. The van der Waals surface area contributed by atoms with Crippen molar-refractivity contribution in [2.75, 3.05) is 13.7 Å². The van der Waals surface area contributed by atoms with Crippen LogP contribution < -0.4 is 9.47 Å². The van der Waals surface area contributed by atoms with E-state index in [9.17, 15) is 9.90 Å². The van der Waals surface area contributed by atoms with E-state index in [0.29, 0.717) is 36.1 Å². The van der Waals surface area contributed by atoms with E-state index in [-0.39, 0.29) is 5.56 Å². The topological polar surface area (TPSA) is 98.3 Å². The van der Waals surface area contributed by atoms with Crippen molar-refractivity contribution in [1.82, 2.24) is 14.4 Å². The summed E-state index contributed by atoms with van der Waals surface area (Å²) in [5.41, 5.74) is 4.80. The Hall–Kier alpha value is -4.46. The molecule has 4 aromatic rings. The van der Waals surface area contributed by atoms with Crippen molar-refractivity contribution in [1.29, 1.82) is 0 Å². The first-order valence-corrected chi connectivity index (χ1v) is 10.8. The fourth-order valence-electron chi connectivity index (χ4n) is 3.87. The van der Waals surface area contributed by atoms with Crippen molar-refractivity contribution in [3.8, 4) is 11.5 Å². The summed E-state index contributed by atoms with van der Waals surface area (Å²) in [7, 11) is 1.62. The monoisotopic (exact) mass is 454 g/mol. The molecule has 5 rings (SSSR count). The standard InChI is InChI=1S/C26H22N4O4/c1-33-23-12-21-18(11-24(23)34-16-17-5-3-2-4-6-17)9-10-27-22(21)8-7-20-14-29-26-28-13-19(25(31)32)15-30(20)26/h2-8,11-15H,9-10,16H2,1H3,(H,31,32)/b8-7+. The van der Waals surface area contributed by atoms with Gasteiger partial charge in [0.25, 0.3) is 0 Å². The lowest BCUT2D eigenvalue weighted by atomic mass is 9.96. The Bertz CT molecular complexity index is 1420. The van der Waals surface area contributed by atoms with Gasteiger partial charge < -0.3 is 14.6 Å². The SMILES string of the molecule is COc1cc2c(cc1OCc1ccccc1)CCN=C2/C=C/c1cnc2ncc(C(=O)O)cn12. The van der Waals surface area contributed by atoms with Crippen molar-refractivity contribution in [3.63, 3.8) is 0 Å². The lowest BCUT2D eigenvalue weighted by molar-refractivity contribution is 0.0696. The van der Waals surface area contributed by atoms with Crippen molar-refractivity contribution >= 4 is 23.5 Å². The fourth-order valence-corrected chi connectivity index (χ4v) is 3.87. The molecule has 0 atom stereocenters. The number of nitrogens with zero attached hydrogens (tertiary/aromatic N) is 4. The second kappa shape index (κ2) is 9.19. The highest BCUT2D eigenvalue weighted by molar-refractivity contribution is 6.12. The molecule has 2 aromatic heterocycles. The number of aromatic carboxylic acids is 1. The third-order valence-electron chi connectivity index (χ3n) is 5.62. The lowest BCUT2D eigenvalue weighted by Gasteiger charge is -2.19. The fraction of sp³-hybridized carbons (Fsp3) is 0.154. The minimum Gasteiger partial charge on any atom is -0.493 e. The first-order chi connectivity index (χ1) is 16.6. The Labute approximate surface area is 195 Å². The van der Waals surface area contributed by atoms with Gasteiger partial charge in [-0.25, -0.2) is 14.8 Å². The summed E-state index contributed by atoms with van der Waals surface area (Å²) in [6, 6.07) is 14.0. The zero-order valence-electron chi connectivity index (χ0n) is 18.5. The van der Waals surface area contributed by atoms with Crippen molar-refractivity contribution in [3.05, 3.63) is 95.1 Å². The molecule has 2 aromatic carbocycles. The average molecular weight is 454 g/mol. The molecule has 8 heteroatoms. The molecule has 0 saturated carbocycles. The van der Waals surface area contributed by atoms with Crippen LogP contribution >= 0.6 is 0 Å². The third-order valence-corrected chi connectivity index (χ3v) is 5.62. The number of imidazole rings is 1. The van der Waals surface area contributed by atoms with E-state index in [1.54, 1.807) is 17.7 Å². The largest absolute Gasteiger partial charge is 0.493 e. The number of ether oxygens (including phenoxy) is 2. The zero-order valence-corrected chi connectivity index (χ0v) is 18.5. The van der Waals surface area contributed by atoms with Crippen LogP contribution in [0.4, 0.5) is 0 Å². The van der Waals surface area contributed by atoms with Gasteiger partial charge in [-0.1, -0.05) is 30.3 Å². The third kappa shape index (κ3) is 4.25. The second-order valence-corrected chi connectivity index (χ2v) is 7.79. The second-order valence-electron chi connectivity index (χ2n) is 7.79. The van der Waals surface area contributed by atoms with Crippen LogP contribution in [-0.2, 0) is 13.0 Å². The molecule has 3 heterocycles. The molecule has 170 valence electrons. The highest BCUT2D eigenvalue weighted by atomic mass is 16.5. The van der Waals surface area contributed by atoms with Gasteiger partial charge in [0.1, 0.15) is 6.61 Å². The molecule has 0 radical (unpaired) electrons. The molecule has 0 fully saturated rings. The minimum atomic E-state index is -1.04. The number of rotatable bonds is 7. The molecular weight excluding hydrogens is 432 g/mol. The van der Waals surface area contributed by atoms with Gasteiger partial charge in [0, 0.05) is 24.5 Å². The van der Waals surface area contributed by atoms with E-state index in [1.807, 2.05) is 54.6 Å². The summed E-state index contributed by atoms with van der Waals surface area (Å²) in [4.78, 5) is 24.3. The molecule has 0 bridgehead atoms. The van der Waals surface area contributed by atoms with Gasteiger partial charge in [-0.05, 0) is 41.8 Å². The van der Waals surface area contributed by atoms with Crippen LogP contribution in [0.15, 0.2) is 72.1 Å². The van der Waals surface area contributed by atoms with Crippen molar-refractivity contribution in [2.45, 2.75) is 13.0 Å². The van der Waals surface area contributed by atoms with E-state index in [1.165, 1.54) is 12.4 Å². The predicted octanol–water partition coefficient (Wildman–Crippen LogP) is 4.07. The minimum absolute atomic E-state index is 0.0910. The number of hydrogen-bond donors (Lipinski definition) is 1. The maximum Gasteiger partial charge on any atom is 0.338 e. The van der Waals surface area contributed by atoms with Crippen LogP contribution in [0, 0.1) is 0 Å². The number of carbonyl (C=O) groups is 1. The average Bonchev–Trinajstić information content (AvgIpc) is 3.28. The van der Waals surface area contributed by atoms with Crippen LogP contribution in [0.5, 0.6) is 11.5 Å². The number of methoxy groups -OCH3 is 1. The Balaban J connectivity index is 1.42. The number of allylic oxidation sites excluding steroid dienone is 1. The Morgan fingerprint density at radius 1 is 1.12 bits per heavy atom. The van der Waals surface area contributed by atoms with Gasteiger partial charge in [-0.2, -0.15) is 0 Å². The zero-order chi connectivity index (χ0) is 23.5. The first kappa shape index (κ1) is 21.4. The number of aliphatic imine (C=N–C) groups is 1. The van der Waals surface area contributed by atoms with E-state index in [4.69, 9.17) is 9.47 Å². The molecule has 0 amide bonds. The number of hydrogen-bond acceptors (Lipinski definition) is 6. The van der Waals surface area contributed by atoms with Crippen LogP contribution in [0.2, 0.25) is 0 Å². The van der Waals surface area contributed by atoms with E-state index >= 15 is 0 Å². The van der Waals surface area contributed by atoms with Crippen LogP contribution in [0.25, 0.3) is 11.9 Å². The Morgan fingerprint density at radius 2 is 1.94 bits per heavy atom. The number of carboxylic acid groups (broad SMARTS) is 1. The highest BCUT2D eigenvalue weighted by Gasteiger charge is 2.18. The summed E-state index contributed by atoms with van der Waals surface area (Å²) in [5.74, 6) is 0.727. The molecule has 0 saturated heterocycles. The van der Waals surface area contributed by atoms with Crippen LogP contribution in [0.3, 0.4) is 0 Å². The number of aromatic nitrogens is 3. The van der Waals surface area contributed by atoms with Gasteiger partial charge in [-0.15, -0.1) is 0 Å². The van der Waals surface area contributed by atoms with Gasteiger partial charge >= 0.3 is 5.97 Å². The smallest absolute Gasteiger partial charge is 0.338 e. The number of benzene rings is 2. The predicted molar refractivity (Wildman–Crippen MR) is 128 cm³/mol. The molecule has 0 unspecified atom stereocenters. The summed E-state index contributed by atoms with van der Waals surface area (Å²) >= 11 is 0. The van der Waals surface area contributed by atoms with Crippen LogP contribution in [-0.4, -0.2) is 44.8 Å². The summed E-state index contributed by atoms with van der Waals surface area (Å²) in [5, 5.41) is 9.26. The molecule has 0 aliphatic carbocycles. The number of fused-ring (bicyclic) bond motifs is 2. The molecular formula is C26H22N4O4. The maximum atomic E-state index is 11.3. The van der Waals surface area contributed by atoms with Crippen molar-refractivity contribution < 1.29 is 19.4 Å². The van der Waals surface area contributed by atoms with Gasteiger partial charge in [0.2, 0.25) is 5.78 Å². The Morgan fingerprint density at radius 3 is 2.74 bits per heavy atom.